The van der Waals surface area contributed by atoms with Gasteiger partial charge in [-0.2, -0.15) is 0 Å². The van der Waals surface area contributed by atoms with Gasteiger partial charge in [0.05, 0.1) is 39.9 Å². The van der Waals surface area contributed by atoms with Crippen LogP contribution in [0.25, 0.3) is 0 Å². The highest BCUT2D eigenvalue weighted by molar-refractivity contribution is 7.47. The summed E-state index contributed by atoms with van der Waals surface area (Å²) in [5.41, 5.74) is 0. The van der Waals surface area contributed by atoms with Gasteiger partial charge in [0.15, 0.2) is 0 Å². The van der Waals surface area contributed by atoms with Crippen molar-refractivity contribution in [3.63, 3.8) is 0 Å². The maximum Gasteiger partial charge on any atom is 0.472 e. The number of hydrogen-bond donors (Lipinski definition) is 4. The van der Waals surface area contributed by atoms with Crippen LogP contribution in [0.5, 0.6) is 0 Å². The number of likely N-dealkylation sites (N-methyl/N-ethyl adjacent to an activating group) is 1. The molecule has 0 aromatic heterocycles. The van der Waals surface area contributed by atoms with E-state index in [1.54, 1.807) is 0 Å². The molecule has 0 fully saturated rings. The molecule has 0 aromatic carbocycles. The summed E-state index contributed by atoms with van der Waals surface area (Å²) in [7, 11) is 1.41. The number of aliphatic hydroxyl groups is 2. The van der Waals surface area contributed by atoms with Crippen molar-refractivity contribution < 1.29 is 38.0 Å². The van der Waals surface area contributed by atoms with Gasteiger partial charge >= 0.3 is 7.82 Å². The van der Waals surface area contributed by atoms with E-state index in [0.29, 0.717) is 23.9 Å². The number of phosphoric ester groups is 1. The number of rotatable bonds is 44. The van der Waals surface area contributed by atoms with Gasteiger partial charge in [0.25, 0.3) is 0 Å². The number of quaternary nitrogens is 1. The van der Waals surface area contributed by atoms with E-state index in [2.05, 4.69) is 104 Å². The SMILES string of the molecule is CC/C=C\C/C=C\C/C=C\C/C=C\C/C=C\C/C=C\C/C=C\CCCCCCCC(=O)NC(COP(=O)(O)OCC[N+](C)(C)C)C(O)C(O)CCCCCCCCCCCCCC. The van der Waals surface area contributed by atoms with E-state index in [0.717, 1.165) is 96.3 Å². The summed E-state index contributed by atoms with van der Waals surface area (Å²) in [5, 5.41) is 24.7. The molecule has 1 amide bonds. The average molecular weight is 904 g/mol. The molecule has 4 atom stereocenters. The van der Waals surface area contributed by atoms with Crippen LogP contribution in [-0.4, -0.2) is 84.6 Å². The number of aliphatic hydroxyl groups excluding tert-OH is 2. The molecule has 0 rings (SSSR count). The number of nitrogens with one attached hydrogen (secondary N) is 1. The highest BCUT2D eigenvalue weighted by atomic mass is 31.2. The van der Waals surface area contributed by atoms with Gasteiger partial charge in [0.2, 0.25) is 5.91 Å². The summed E-state index contributed by atoms with van der Waals surface area (Å²) < 4.78 is 23.5. The Bertz CT molecular complexity index is 1320. The van der Waals surface area contributed by atoms with Crippen LogP contribution in [0.4, 0.5) is 0 Å². The molecule has 0 radical (unpaired) electrons. The first-order valence-corrected chi connectivity index (χ1v) is 26.5. The second-order valence-electron chi connectivity index (χ2n) is 17.9. The molecule has 4 N–H and O–H groups in total. The molecule has 364 valence electrons. The lowest BCUT2D eigenvalue weighted by Crippen LogP contribution is -2.51. The fourth-order valence-corrected chi connectivity index (χ4v) is 7.50. The highest BCUT2D eigenvalue weighted by Gasteiger charge is 2.31. The Morgan fingerprint density at radius 3 is 1.44 bits per heavy atom. The maximum atomic E-state index is 13.0. The molecule has 63 heavy (non-hydrogen) atoms. The zero-order valence-corrected chi connectivity index (χ0v) is 41.8. The Labute approximate surface area is 387 Å². The fourth-order valence-electron chi connectivity index (χ4n) is 6.77. The van der Waals surface area contributed by atoms with Crippen LogP contribution >= 0.6 is 7.82 Å². The van der Waals surface area contributed by atoms with Crippen molar-refractivity contribution in [3.8, 4) is 0 Å². The van der Waals surface area contributed by atoms with Crippen molar-refractivity contribution in [3.05, 3.63) is 85.1 Å². The van der Waals surface area contributed by atoms with Gasteiger partial charge in [-0.1, -0.05) is 195 Å². The van der Waals surface area contributed by atoms with Crippen molar-refractivity contribution in [2.24, 2.45) is 0 Å². The first kappa shape index (κ1) is 60.6. The minimum atomic E-state index is -4.43. The van der Waals surface area contributed by atoms with Crippen molar-refractivity contribution in [2.45, 2.75) is 205 Å². The lowest BCUT2D eigenvalue weighted by Gasteiger charge is -2.28. The van der Waals surface area contributed by atoms with E-state index in [9.17, 15) is 24.5 Å². The molecule has 9 nitrogen and oxygen atoms in total. The number of hydrogen-bond acceptors (Lipinski definition) is 6. The quantitative estimate of drug-likeness (QED) is 0.0208. The number of nitrogens with zero attached hydrogens (tertiary/aromatic N) is 1. The first-order chi connectivity index (χ1) is 30.4. The standard InChI is InChI=1S/C53H95N2O7P/c1-6-8-10-12-14-16-18-20-21-22-23-24-25-26-27-28-29-30-31-32-33-34-36-38-40-42-44-46-52(57)54-50(49-62-63(59,60)61-48-47-55(3,4)5)53(58)51(56)45-43-41-39-37-35-19-17-15-13-11-9-7-2/h8,10,14,16,20-21,23-24,26-27,29-30,32-33,50-51,53,56,58H,6-7,9,11-13,15,17-19,22,25,28,31,34-49H2,1-5H3,(H-,54,57,59,60)/p+1/b10-8-,16-14-,21-20-,24-23-,27-26-,30-29-,33-32-. The second kappa shape index (κ2) is 43.5. The highest BCUT2D eigenvalue weighted by Crippen LogP contribution is 2.43. The van der Waals surface area contributed by atoms with Crippen LogP contribution in [0.1, 0.15) is 187 Å². The van der Waals surface area contributed by atoms with Crippen molar-refractivity contribution >= 4 is 13.7 Å². The molecule has 0 bridgehead atoms. The Morgan fingerprint density at radius 2 is 0.984 bits per heavy atom. The zero-order valence-electron chi connectivity index (χ0n) is 40.9. The molecule has 0 aliphatic rings. The average Bonchev–Trinajstić information content (AvgIpc) is 3.24. The third kappa shape index (κ3) is 44.6. The molecule has 0 aromatic rings. The third-order valence-corrected chi connectivity index (χ3v) is 11.7. The van der Waals surface area contributed by atoms with Gasteiger partial charge in [0.1, 0.15) is 19.3 Å². The summed E-state index contributed by atoms with van der Waals surface area (Å²) in [5.74, 6) is -0.281. The lowest BCUT2D eigenvalue weighted by molar-refractivity contribution is -0.870. The summed E-state index contributed by atoms with van der Waals surface area (Å²) >= 11 is 0. The molecule has 0 saturated heterocycles. The number of unbranched alkanes of at least 4 members (excludes halogenated alkanes) is 16. The van der Waals surface area contributed by atoms with E-state index in [1.807, 2.05) is 21.1 Å². The van der Waals surface area contributed by atoms with Gasteiger partial charge in [-0.25, -0.2) is 4.57 Å². The Kier molecular flexibility index (Phi) is 41.9. The molecule has 10 heteroatoms. The monoisotopic (exact) mass is 904 g/mol. The zero-order chi connectivity index (χ0) is 46.5. The Hall–Kier alpha value is -2.36. The molecule has 0 spiro atoms. The van der Waals surface area contributed by atoms with Crippen LogP contribution in [0, 0.1) is 0 Å². The Morgan fingerprint density at radius 1 is 0.571 bits per heavy atom. The predicted octanol–water partition coefficient (Wildman–Crippen LogP) is 13.5. The largest absolute Gasteiger partial charge is 0.472 e. The van der Waals surface area contributed by atoms with Crippen LogP contribution in [0.2, 0.25) is 0 Å². The minimum Gasteiger partial charge on any atom is -0.390 e. The molecule has 0 saturated carbocycles. The summed E-state index contributed by atoms with van der Waals surface area (Å²) in [6.45, 7) is 4.46. The van der Waals surface area contributed by atoms with Gasteiger partial charge in [0, 0.05) is 6.42 Å². The molecule has 0 aliphatic heterocycles. The normalized spacial score (nSPS) is 15.4. The van der Waals surface area contributed by atoms with Crippen molar-refractivity contribution in [1.82, 2.24) is 5.32 Å². The van der Waals surface area contributed by atoms with E-state index < -0.39 is 32.7 Å². The van der Waals surface area contributed by atoms with Gasteiger partial charge in [-0.3, -0.25) is 13.8 Å². The maximum absolute atomic E-state index is 13.0. The lowest BCUT2D eigenvalue weighted by atomic mass is 9.99. The number of carbonyl (C=O) groups excluding carboxylic acids is 1. The Balaban J connectivity index is 4.40. The van der Waals surface area contributed by atoms with E-state index in [-0.39, 0.29) is 18.9 Å². The summed E-state index contributed by atoms with van der Waals surface area (Å²) in [6.07, 6.45) is 56.4. The summed E-state index contributed by atoms with van der Waals surface area (Å²) in [4.78, 5) is 23.2. The van der Waals surface area contributed by atoms with Crippen LogP contribution in [0.15, 0.2) is 85.1 Å². The van der Waals surface area contributed by atoms with Crippen LogP contribution < -0.4 is 5.32 Å². The molecule has 0 heterocycles. The number of carbonyl (C=O) groups is 1. The molecular formula is C53H96N2O7P+. The van der Waals surface area contributed by atoms with Gasteiger partial charge < -0.3 is 24.9 Å². The molecular weight excluding hydrogens is 808 g/mol. The fraction of sp³-hybridized carbons (Fsp3) is 0.717. The van der Waals surface area contributed by atoms with Crippen LogP contribution in [-0.2, 0) is 18.4 Å². The topological polar surface area (TPSA) is 125 Å². The minimum absolute atomic E-state index is 0.0129. The predicted molar refractivity (Wildman–Crippen MR) is 269 cm³/mol. The molecule has 4 unspecified atom stereocenters. The van der Waals surface area contributed by atoms with Gasteiger partial charge in [-0.15, -0.1) is 0 Å². The first-order valence-electron chi connectivity index (χ1n) is 25.0. The second-order valence-corrected chi connectivity index (χ2v) is 19.4. The third-order valence-electron chi connectivity index (χ3n) is 10.8. The van der Waals surface area contributed by atoms with E-state index >= 15 is 0 Å². The van der Waals surface area contributed by atoms with Crippen LogP contribution in [0.3, 0.4) is 0 Å². The smallest absolute Gasteiger partial charge is 0.390 e. The number of amides is 1. The van der Waals surface area contributed by atoms with Gasteiger partial charge in [-0.05, 0) is 70.6 Å². The summed E-state index contributed by atoms with van der Waals surface area (Å²) in [6, 6.07) is -1.05. The molecule has 0 aliphatic carbocycles. The van der Waals surface area contributed by atoms with Crippen molar-refractivity contribution in [2.75, 3.05) is 40.9 Å². The number of phosphoric acid groups is 1. The number of allylic oxidation sites excluding steroid dienone is 14. The van der Waals surface area contributed by atoms with E-state index in [1.165, 1.54) is 57.8 Å². The van der Waals surface area contributed by atoms with E-state index in [4.69, 9.17) is 9.05 Å². The van der Waals surface area contributed by atoms with Crippen molar-refractivity contribution in [1.29, 1.82) is 0 Å².